The molecule has 24 heavy (non-hydrogen) atoms. The van der Waals surface area contributed by atoms with E-state index in [1.54, 1.807) is 36.5 Å². The van der Waals surface area contributed by atoms with Crippen LogP contribution in [-0.2, 0) is 27.3 Å². The lowest BCUT2D eigenvalue weighted by Crippen LogP contribution is -2.13. The molecule has 0 aliphatic rings. The van der Waals surface area contributed by atoms with Crippen LogP contribution < -0.4 is 4.74 Å². The standard InChI is InChI=1S/C17H19NO5S/c1-3-13-6-9-16(18-10-13)17(19)12-22-15-7-4-14(5-8-15)11-23-24(2,20)21/h4-10H,3,11-12H2,1-2H3. The van der Waals surface area contributed by atoms with E-state index in [0.29, 0.717) is 17.0 Å². The number of carbonyl (C=O) groups excluding carboxylic acids is 1. The quantitative estimate of drug-likeness (QED) is 0.537. The Morgan fingerprint density at radius 3 is 2.29 bits per heavy atom. The van der Waals surface area contributed by atoms with Crippen molar-refractivity contribution in [3.05, 3.63) is 59.4 Å². The highest BCUT2D eigenvalue weighted by Crippen LogP contribution is 2.14. The van der Waals surface area contributed by atoms with E-state index in [-0.39, 0.29) is 19.0 Å². The zero-order chi connectivity index (χ0) is 17.6. The summed E-state index contributed by atoms with van der Waals surface area (Å²) in [5.41, 5.74) is 2.13. The van der Waals surface area contributed by atoms with Crippen molar-refractivity contribution >= 4 is 15.9 Å². The van der Waals surface area contributed by atoms with Gasteiger partial charge in [0.25, 0.3) is 10.1 Å². The van der Waals surface area contributed by atoms with Gasteiger partial charge in [0.1, 0.15) is 11.4 Å². The molecule has 0 aliphatic carbocycles. The smallest absolute Gasteiger partial charge is 0.264 e. The van der Waals surface area contributed by atoms with Crippen LogP contribution in [0, 0.1) is 0 Å². The summed E-state index contributed by atoms with van der Waals surface area (Å²) >= 11 is 0. The summed E-state index contributed by atoms with van der Waals surface area (Å²) in [5.74, 6) is 0.304. The Morgan fingerprint density at radius 2 is 1.75 bits per heavy atom. The Kier molecular flexibility index (Phi) is 6.05. The minimum absolute atomic E-state index is 0.0360. The molecule has 0 N–H and O–H groups in total. The van der Waals surface area contributed by atoms with Crippen LogP contribution in [0.2, 0.25) is 0 Å². The van der Waals surface area contributed by atoms with Gasteiger partial charge < -0.3 is 4.74 Å². The molecule has 128 valence electrons. The highest BCUT2D eigenvalue weighted by Gasteiger charge is 2.09. The van der Waals surface area contributed by atoms with Crippen LogP contribution in [0.5, 0.6) is 5.75 Å². The predicted molar refractivity (Wildman–Crippen MR) is 89.5 cm³/mol. The monoisotopic (exact) mass is 349 g/mol. The molecule has 2 aromatic rings. The largest absolute Gasteiger partial charge is 0.485 e. The molecule has 0 aliphatic heterocycles. The van der Waals surface area contributed by atoms with Gasteiger partial charge in [-0.25, -0.2) is 0 Å². The summed E-state index contributed by atoms with van der Waals surface area (Å²) in [6.45, 7) is 1.87. The SMILES string of the molecule is CCc1ccc(C(=O)COc2ccc(COS(C)(=O)=O)cc2)nc1. The van der Waals surface area contributed by atoms with Crippen LogP contribution in [0.3, 0.4) is 0 Å². The number of nitrogens with zero attached hydrogens (tertiary/aromatic N) is 1. The molecule has 0 radical (unpaired) electrons. The van der Waals surface area contributed by atoms with E-state index in [1.807, 2.05) is 13.0 Å². The fourth-order valence-corrected chi connectivity index (χ4v) is 2.23. The van der Waals surface area contributed by atoms with E-state index in [0.717, 1.165) is 18.2 Å². The van der Waals surface area contributed by atoms with E-state index in [9.17, 15) is 13.2 Å². The number of aromatic nitrogens is 1. The summed E-state index contributed by atoms with van der Waals surface area (Å²) in [5, 5.41) is 0. The summed E-state index contributed by atoms with van der Waals surface area (Å²) in [6, 6.07) is 10.2. The van der Waals surface area contributed by atoms with Crippen LogP contribution in [0.4, 0.5) is 0 Å². The average Bonchev–Trinajstić information content (AvgIpc) is 2.58. The molecule has 0 fully saturated rings. The van der Waals surface area contributed by atoms with Gasteiger partial charge in [0.2, 0.25) is 5.78 Å². The molecule has 1 aromatic carbocycles. The first kappa shape index (κ1) is 18.1. The summed E-state index contributed by atoms with van der Waals surface area (Å²) in [4.78, 5) is 16.1. The Hall–Kier alpha value is -2.25. The summed E-state index contributed by atoms with van der Waals surface area (Å²) in [6.07, 6.45) is 3.55. The molecule has 0 saturated heterocycles. The van der Waals surface area contributed by atoms with Gasteiger partial charge >= 0.3 is 0 Å². The minimum atomic E-state index is -3.47. The van der Waals surface area contributed by atoms with Gasteiger partial charge in [-0.1, -0.05) is 25.1 Å². The number of aryl methyl sites for hydroxylation is 1. The highest BCUT2D eigenvalue weighted by atomic mass is 32.2. The fraction of sp³-hybridized carbons (Fsp3) is 0.294. The van der Waals surface area contributed by atoms with Crippen molar-refractivity contribution in [3.63, 3.8) is 0 Å². The number of hydrogen-bond acceptors (Lipinski definition) is 6. The average molecular weight is 349 g/mol. The molecular weight excluding hydrogens is 330 g/mol. The van der Waals surface area contributed by atoms with Gasteiger partial charge in [-0.15, -0.1) is 0 Å². The topological polar surface area (TPSA) is 82.6 Å². The van der Waals surface area contributed by atoms with Crippen LogP contribution in [0.25, 0.3) is 0 Å². The van der Waals surface area contributed by atoms with Crippen molar-refractivity contribution < 1.29 is 22.1 Å². The van der Waals surface area contributed by atoms with E-state index in [4.69, 9.17) is 8.92 Å². The molecule has 1 aromatic heterocycles. The first-order valence-electron chi connectivity index (χ1n) is 7.41. The van der Waals surface area contributed by atoms with Crippen molar-refractivity contribution in [3.8, 4) is 5.75 Å². The van der Waals surface area contributed by atoms with Gasteiger partial charge in [0, 0.05) is 6.20 Å². The minimum Gasteiger partial charge on any atom is -0.485 e. The molecule has 1 heterocycles. The van der Waals surface area contributed by atoms with E-state index < -0.39 is 10.1 Å². The Balaban J connectivity index is 1.88. The third kappa shape index (κ3) is 5.75. The summed E-state index contributed by atoms with van der Waals surface area (Å²) in [7, 11) is -3.47. The van der Waals surface area contributed by atoms with Crippen LogP contribution in [0.1, 0.15) is 28.5 Å². The maximum absolute atomic E-state index is 12.0. The Bertz CT molecular complexity index is 783. The van der Waals surface area contributed by atoms with Gasteiger partial charge in [0.05, 0.1) is 12.9 Å². The number of benzene rings is 1. The van der Waals surface area contributed by atoms with Crippen molar-refractivity contribution in [1.29, 1.82) is 0 Å². The second-order valence-electron chi connectivity index (χ2n) is 5.23. The number of ketones is 1. The molecule has 0 amide bonds. The number of ether oxygens (including phenoxy) is 1. The van der Waals surface area contributed by atoms with E-state index in [1.165, 1.54) is 0 Å². The molecule has 7 heteroatoms. The molecule has 2 rings (SSSR count). The normalized spacial score (nSPS) is 11.2. The lowest BCUT2D eigenvalue weighted by atomic mass is 10.2. The van der Waals surface area contributed by atoms with Crippen molar-refractivity contribution in [2.75, 3.05) is 12.9 Å². The third-order valence-corrected chi connectivity index (χ3v) is 3.80. The van der Waals surface area contributed by atoms with Crippen LogP contribution in [0.15, 0.2) is 42.6 Å². The number of carbonyl (C=O) groups is 1. The molecule has 0 atom stereocenters. The van der Waals surface area contributed by atoms with Gasteiger partial charge in [-0.2, -0.15) is 8.42 Å². The fourth-order valence-electron chi connectivity index (χ4n) is 1.88. The molecule has 0 unspecified atom stereocenters. The Morgan fingerprint density at radius 1 is 1.08 bits per heavy atom. The van der Waals surface area contributed by atoms with Crippen molar-refractivity contribution in [1.82, 2.24) is 4.98 Å². The lowest BCUT2D eigenvalue weighted by Gasteiger charge is -2.07. The zero-order valence-electron chi connectivity index (χ0n) is 13.6. The molecule has 0 saturated carbocycles. The number of rotatable bonds is 8. The first-order valence-corrected chi connectivity index (χ1v) is 9.23. The van der Waals surface area contributed by atoms with Gasteiger partial charge in [-0.3, -0.25) is 14.0 Å². The van der Waals surface area contributed by atoms with E-state index in [2.05, 4.69) is 4.98 Å². The first-order chi connectivity index (χ1) is 11.4. The maximum atomic E-state index is 12.0. The third-order valence-electron chi connectivity index (χ3n) is 3.25. The number of Topliss-reactive ketones (excluding diaryl/α,β-unsaturated/α-hetero) is 1. The highest BCUT2D eigenvalue weighted by molar-refractivity contribution is 7.85. The molecule has 0 bridgehead atoms. The van der Waals surface area contributed by atoms with Gasteiger partial charge in [-0.05, 0) is 35.7 Å². The zero-order valence-corrected chi connectivity index (χ0v) is 14.4. The van der Waals surface area contributed by atoms with Crippen molar-refractivity contribution in [2.24, 2.45) is 0 Å². The number of pyridine rings is 1. The lowest BCUT2D eigenvalue weighted by molar-refractivity contribution is 0.0916. The van der Waals surface area contributed by atoms with Crippen molar-refractivity contribution in [2.45, 2.75) is 20.0 Å². The van der Waals surface area contributed by atoms with E-state index >= 15 is 0 Å². The second kappa shape index (κ2) is 8.03. The van der Waals surface area contributed by atoms with Crippen LogP contribution >= 0.6 is 0 Å². The summed E-state index contributed by atoms with van der Waals surface area (Å²) < 4.78 is 32.0. The molecular formula is C17H19NO5S. The maximum Gasteiger partial charge on any atom is 0.264 e. The number of hydrogen-bond donors (Lipinski definition) is 0. The Labute approximate surface area is 141 Å². The molecule has 0 spiro atoms. The predicted octanol–water partition coefficient (Wildman–Crippen LogP) is 2.38. The molecule has 6 nitrogen and oxygen atoms in total. The second-order valence-corrected chi connectivity index (χ2v) is 6.87. The van der Waals surface area contributed by atoms with Crippen LogP contribution in [-0.4, -0.2) is 32.0 Å². The van der Waals surface area contributed by atoms with Gasteiger partial charge in [0.15, 0.2) is 6.61 Å².